The lowest BCUT2D eigenvalue weighted by atomic mass is 9.97. The molecule has 0 amide bonds. The van der Waals surface area contributed by atoms with Crippen LogP contribution in [-0.2, 0) is 12.8 Å². The molecule has 3 aromatic rings. The molecule has 0 heterocycles. The first-order valence-electron chi connectivity index (χ1n) is 8.50. The first-order valence-corrected chi connectivity index (χ1v) is 8.50. The first-order chi connectivity index (χ1) is 12.5. The van der Waals surface area contributed by atoms with Gasteiger partial charge in [-0.05, 0) is 47.2 Å². The summed E-state index contributed by atoms with van der Waals surface area (Å²) in [4.78, 5) is 0. The van der Waals surface area contributed by atoms with Gasteiger partial charge in [-0.25, -0.2) is 0 Å². The maximum Gasteiger partial charge on any atom is 0.122 e. The number of benzene rings is 3. The maximum absolute atomic E-state index is 7.60. The Bertz CT molecular complexity index is 960. The quantitative estimate of drug-likeness (QED) is 0.405. The van der Waals surface area contributed by atoms with Gasteiger partial charge in [-0.1, -0.05) is 60.7 Å². The van der Waals surface area contributed by atoms with Crippen LogP contribution in [0.15, 0.2) is 72.8 Å². The largest absolute Gasteiger partial charge is 0.384 e. The average Bonchev–Trinajstić information content (AvgIpc) is 2.67. The summed E-state index contributed by atoms with van der Waals surface area (Å²) in [7, 11) is 0. The molecule has 6 N–H and O–H groups in total. The number of aryl methyl sites for hydroxylation is 2. The van der Waals surface area contributed by atoms with Crippen LogP contribution in [0.4, 0.5) is 0 Å². The lowest BCUT2D eigenvalue weighted by Gasteiger charge is -2.08. The normalized spacial score (nSPS) is 10.5. The molecule has 3 rings (SSSR count). The van der Waals surface area contributed by atoms with E-state index in [0.29, 0.717) is 0 Å². The van der Waals surface area contributed by atoms with Gasteiger partial charge in [0, 0.05) is 11.1 Å². The van der Waals surface area contributed by atoms with E-state index in [0.717, 1.165) is 35.1 Å². The number of nitrogens with one attached hydrogen (secondary N) is 2. The summed E-state index contributed by atoms with van der Waals surface area (Å²) in [6.07, 6.45) is 1.79. The summed E-state index contributed by atoms with van der Waals surface area (Å²) in [5.74, 6) is 0.174. The van der Waals surface area contributed by atoms with Crippen LogP contribution < -0.4 is 11.5 Å². The van der Waals surface area contributed by atoms with Gasteiger partial charge in [-0.2, -0.15) is 0 Å². The van der Waals surface area contributed by atoms with Gasteiger partial charge in [0.15, 0.2) is 0 Å². The van der Waals surface area contributed by atoms with E-state index in [1.54, 1.807) is 0 Å². The second kappa shape index (κ2) is 7.66. The molecule has 0 radical (unpaired) electrons. The van der Waals surface area contributed by atoms with Crippen molar-refractivity contribution >= 4 is 11.7 Å². The standard InChI is InChI=1S/C22H22N4/c23-21(24)19-8-2-5-16(13-19)11-10-15-4-1-6-17(12-15)18-7-3-9-20(14-18)22(25)26/h1-9,12-14H,10-11H2,(H3,23,24)(H3,25,26). The highest BCUT2D eigenvalue weighted by Gasteiger charge is 2.04. The molecule has 0 fully saturated rings. The summed E-state index contributed by atoms with van der Waals surface area (Å²) in [6.45, 7) is 0. The number of rotatable bonds is 6. The smallest absolute Gasteiger partial charge is 0.122 e. The summed E-state index contributed by atoms with van der Waals surface area (Å²) >= 11 is 0. The zero-order chi connectivity index (χ0) is 18.5. The van der Waals surface area contributed by atoms with Crippen molar-refractivity contribution in [3.05, 3.63) is 95.1 Å². The third-order valence-electron chi connectivity index (χ3n) is 4.37. The number of hydrogen-bond donors (Lipinski definition) is 4. The van der Waals surface area contributed by atoms with Crippen molar-refractivity contribution < 1.29 is 0 Å². The molecule has 0 aliphatic carbocycles. The van der Waals surface area contributed by atoms with E-state index >= 15 is 0 Å². The molecule has 0 saturated heterocycles. The molecule has 3 aromatic carbocycles. The lowest BCUT2D eigenvalue weighted by molar-refractivity contribution is 0.960. The van der Waals surface area contributed by atoms with Crippen molar-refractivity contribution in [2.45, 2.75) is 12.8 Å². The molecule has 26 heavy (non-hydrogen) atoms. The third-order valence-corrected chi connectivity index (χ3v) is 4.37. The fraction of sp³-hybridized carbons (Fsp3) is 0.0909. The lowest BCUT2D eigenvalue weighted by Crippen LogP contribution is -2.11. The van der Waals surface area contributed by atoms with Gasteiger partial charge in [0.1, 0.15) is 11.7 Å². The molecule has 0 atom stereocenters. The topological polar surface area (TPSA) is 99.7 Å². The first kappa shape index (κ1) is 17.4. The fourth-order valence-corrected chi connectivity index (χ4v) is 2.96. The van der Waals surface area contributed by atoms with Crippen molar-refractivity contribution in [3.8, 4) is 11.1 Å². The molecule has 0 aliphatic rings. The Morgan fingerprint density at radius 1 is 0.615 bits per heavy atom. The van der Waals surface area contributed by atoms with Gasteiger partial charge in [-0.15, -0.1) is 0 Å². The minimum Gasteiger partial charge on any atom is -0.384 e. The Morgan fingerprint density at radius 2 is 1.08 bits per heavy atom. The molecule has 4 nitrogen and oxygen atoms in total. The highest BCUT2D eigenvalue weighted by Crippen LogP contribution is 2.22. The SMILES string of the molecule is N=C(N)c1cccc(CCc2cccc(-c3cccc(C(=N)N)c3)c2)c1. The monoisotopic (exact) mass is 342 g/mol. The van der Waals surface area contributed by atoms with E-state index in [1.807, 2.05) is 42.5 Å². The van der Waals surface area contributed by atoms with Crippen LogP contribution in [0, 0.1) is 10.8 Å². The number of amidine groups is 2. The van der Waals surface area contributed by atoms with Crippen LogP contribution in [0.2, 0.25) is 0 Å². The van der Waals surface area contributed by atoms with E-state index in [-0.39, 0.29) is 11.7 Å². The van der Waals surface area contributed by atoms with Gasteiger partial charge in [-0.3, -0.25) is 10.8 Å². The zero-order valence-electron chi connectivity index (χ0n) is 14.5. The second-order valence-corrected chi connectivity index (χ2v) is 6.31. The predicted octanol–water partition coefficient (Wildman–Crippen LogP) is 3.71. The highest BCUT2D eigenvalue weighted by molar-refractivity contribution is 5.96. The number of nitrogen functional groups attached to an aromatic ring is 2. The van der Waals surface area contributed by atoms with Crippen LogP contribution in [0.5, 0.6) is 0 Å². The number of nitrogens with two attached hydrogens (primary N) is 2. The van der Waals surface area contributed by atoms with E-state index < -0.39 is 0 Å². The van der Waals surface area contributed by atoms with Crippen molar-refractivity contribution in [1.29, 1.82) is 10.8 Å². The number of hydrogen-bond acceptors (Lipinski definition) is 2. The molecule has 0 unspecified atom stereocenters. The fourth-order valence-electron chi connectivity index (χ4n) is 2.96. The highest BCUT2D eigenvalue weighted by atomic mass is 14.7. The van der Waals surface area contributed by atoms with Gasteiger partial charge in [0.2, 0.25) is 0 Å². The molecule has 130 valence electrons. The van der Waals surface area contributed by atoms with Gasteiger partial charge in [0.25, 0.3) is 0 Å². The predicted molar refractivity (Wildman–Crippen MR) is 108 cm³/mol. The summed E-state index contributed by atoms with van der Waals surface area (Å²) in [5.41, 5.74) is 17.2. The Morgan fingerprint density at radius 3 is 1.69 bits per heavy atom. The third kappa shape index (κ3) is 4.16. The van der Waals surface area contributed by atoms with Gasteiger partial charge >= 0.3 is 0 Å². The zero-order valence-corrected chi connectivity index (χ0v) is 14.5. The Balaban J connectivity index is 1.78. The molecule has 0 saturated carbocycles. The summed E-state index contributed by atoms with van der Waals surface area (Å²) in [5, 5.41) is 15.2. The van der Waals surface area contributed by atoms with Crippen LogP contribution in [0.25, 0.3) is 11.1 Å². The molecule has 0 aromatic heterocycles. The Kier molecular flexibility index (Phi) is 5.13. The van der Waals surface area contributed by atoms with E-state index in [4.69, 9.17) is 22.3 Å². The van der Waals surface area contributed by atoms with Crippen molar-refractivity contribution in [1.82, 2.24) is 0 Å². The molecule has 0 bridgehead atoms. The van der Waals surface area contributed by atoms with E-state index in [2.05, 4.69) is 30.3 Å². The van der Waals surface area contributed by atoms with E-state index in [9.17, 15) is 0 Å². The summed E-state index contributed by atoms with van der Waals surface area (Å²) in [6, 6.07) is 24.0. The molecule has 0 aliphatic heterocycles. The van der Waals surface area contributed by atoms with E-state index in [1.165, 1.54) is 11.1 Å². The average molecular weight is 342 g/mol. The Hall–Kier alpha value is -3.40. The molecular formula is C22H22N4. The van der Waals surface area contributed by atoms with Crippen molar-refractivity contribution in [2.75, 3.05) is 0 Å². The van der Waals surface area contributed by atoms with Crippen molar-refractivity contribution in [3.63, 3.8) is 0 Å². The van der Waals surface area contributed by atoms with Gasteiger partial charge < -0.3 is 11.5 Å². The second-order valence-electron chi connectivity index (χ2n) is 6.31. The Labute approximate surface area is 153 Å². The van der Waals surface area contributed by atoms with Crippen LogP contribution in [0.3, 0.4) is 0 Å². The van der Waals surface area contributed by atoms with Gasteiger partial charge in [0.05, 0.1) is 0 Å². The van der Waals surface area contributed by atoms with Crippen molar-refractivity contribution in [2.24, 2.45) is 11.5 Å². The maximum atomic E-state index is 7.60. The minimum absolute atomic E-state index is 0.0772. The van der Waals surface area contributed by atoms with Crippen LogP contribution in [0.1, 0.15) is 22.3 Å². The minimum atomic E-state index is 0.0772. The molecule has 0 spiro atoms. The molecule has 4 heteroatoms. The van der Waals surface area contributed by atoms with Crippen LogP contribution >= 0.6 is 0 Å². The van der Waals surface area contributed by atoms with Crippen LogP contribution in [-0.4, -0.2) is 11.7 Å². The summed E-state index contributed by atoms with van der Waals surface area (Å²) < 4.78 is 0. The molecular weight excluding hydrogens is 320 g/mol.